The highest BCUT2D eigenvalue weighted by atomic mass is 32.2. The minimum Gasteiger partial charge on any atom is -0.454 e. The number of sulfonamides is 1. The summed E-state index contributed by atoms with van der Waals surface area (Å²) >= 11 is 0. The lowest BCUT2D eigenvalue weighted by Crippen LogP contribution is -2.60. The van der Waals surface area contributed by atoms with Crippen LogP contribution in [0.25, 0.3) is 0 Å². The smallest absolute Gasteiger partial charge is 0.252 e. The molecule has 0 saturated carbocycles. The summed E-state index contributed by atoms with van der Waals surface area (Å²) in [4.78, 5) is 26.6. The van der Waals surface area contributed by atoms with Crippen LogP contribution in [0, 0.1) is 11.3 Å². The van der Waals surface area contributed by atoms with Gasteiger partial charge in [0.15, 0.2) is 11.5 Å². The topological polar surface area (TPSA) is 158 Å². The molecule has 0 bridgehead atoms. The van der Waals surface area contributed by atoms with Crippen molar-refractivity contribution in [2.45, 2.75) is 64.5 Å². The minimum absolute atomic E-state index is 0.00586. The van der Waals surface area contributed by atoms with E-state index in [0.717, 1.165) is 10.6 Å². The Kier molecular flexibility index (Phi) is 12.6. The Morgan fingerprint density at radius 2 is 1.70 bits per heavy atom. The van der Waals surface area contributed by atoms with E-state index in [0.29, 0.717) is 11.5 Å². The zero-order valence-electron chi connectivity index (χ0n) is 26.2. The lowest BCUT2D eigenvalue weighted by atomic mass is 9.91. The molecular weight excluding hydrogens is 588 g/mol. The maximum atomic E-state index is 13.9. The molecule has 244 valence electrons. The molecule has 2 aromatic carbocycles. The van der Waals surface area contributed by atoms with Crippen molar-refractivity contribution in [2.75, 3.05) is 39.6 Å². The van der Waals surface area contributed by atoms with Crippen molar-refractivity contribution in [1.29, 1.82) is 0 Å². The molecule has 1 aliphatic rings. The quantitative estimate of drug-likeness (QED) is 0.170. The number of aliphatic hydroxyl groups is 2. The van der Waals surface area contributed by atoms with Crippen molar-refractivity contribution in [2.24, 2.45) is 11.3 Å². The summed E-state index contributed by atoms with van der Waals surface area (Å²) in [6.45, 7) is 8.99. The van der Waals surface area contributed by atoms with Crippen LogP contribution in [-0.4, -0.2) is 91.5 Å². The fraction of sp³-hybridized carbons (Fsp3) is 0.548. The summed E-state index contributed by atoms with van der Waals surface area (Å²) in [6.07, 6.45) is -1.20. The van der Waals surface area contributed by atoms with Gasteiger partial charge in [-0.1, -0.05) is 65.0 Å². The normalized spacial score (nSPS) is 14.5. The number of nitrogens with zero attached hydrogens (tertiary/aromatic N) is 2. The number of fused-ring (bicyclic) bond motifs is 1. The Bertz CT molecular complexity index is 1350. The molecule has 2 amide bonds. The van der Waals surface area contributed by atoms with Crippen LogP contribution in [0.15, 0.2) is 53.4 Å². The maximum Gasteiger partial charge on any atom is 0.252 e. The fourth-order valence-electron chi connectivity index (χ4n) is 4.77. The van der Waals surface area contributed by atoms with Gasteiger partial charge in [0.2, 0.25) is 22.7 Å². The highest BCUT2D eigenvalue weighted by Gasteiger charge is 2.37. The van der Waals surface area contributed by atoms with Gasteiger partial charge in [-0.3, -0.25) is 15.0 Å². The fourth-order valence-corrected chi connectivity index (χ4v) is 6.41. The molecule has 0 fully saturated rings. The second kappa shape index (κ2) is 15.7. The molecule has 2 atom stereocenters. The summed E-state index contributed by atoms with van der Waals surface area (Å²) in [6, 6.07) is 12.5. The van der Waals surface area contributed by atoms with Gasteiger partial charge in [-0.2, -0.15) is 4.31 Å². The second-order valence-corrected chi connectivity index (χ2v) is 14.4. The Labute approximate surface area is 260 Å². The zero-order valence-corrected chi connectivity index (χ0v) is 27.0. The largest absolute Gasteiger partial charge is 0.454 e. The Morgan fingerprint density at radius 1 is 1.02 bits per heavy atom. The van der Waals surface area contributed by atoms with Gasteiger partial charge in [-0.15, -0.1) is 0 Å². The third-order valence-corrected chi connectivity index (χ3v) is 8.60. The summed E-state index contributed by atoms with van der Waals surface area (Å²) in [5.41, 5.74) is 3.00. The van der Waals surface area contributed by atoms with Crippen LogP contribution in [0.5, 0.6) is 11.5 Å². The monoisotopic (exact) mass is 634 g/mol. The Hall–Kier alpha value is -3.23. The maximum absolute atomic E-state index is 13.9. The lowest BCUT2D eigenvalue weighted by Gasteiger charge is -2.38. The van der Waals surface area contributed by atoms with E-state index >= 15 is 0 Å². The van der Waals surface area contributed by atoms with Crippen LogP contribution >= 0.6 is 0 Å². The number of carbonyl (C=O) groups is 2. The van der Waals surface area contributed by atoms with Gasteiger partial charge < -0.3 is 25.0 Å². The number of rotatable bonds is 15. The first-order valence-electron chi connectivity index (χ1n) is 14.8. The van der Waals surface area contributed by atoms with Crippen molar-refractivity contribution in [3.05, 3.63) is 54.1 Å². The van der Waals surface area contributed by atoms with E-state index in [1.165, 1.54) is 22.5 Å². The molecule has 0 aromatic heterocycles. The first kappa shape index (κ1) is 35.3. The summed E-state index contributed by atoms with van der Waals surface area (Å²) < 4.78 is 39.8. The highest BCUT2D eigenvalue weighted by molar-refractivity contribution is 7.89. The van der Waals surface area contributed by atoms with E-state index < -0.39 is 39.4 Å². The number of hydrogen-bond acceptors (Lipinski definition) is 9. The van der Waals surface area contributed by atoms with Crippen molar-refractivity contribution in [3.8, 4) is 11.5 Å². The molecule has 0 spiro atoms. The second-order valence-electron chi connectivity index (χ2n) is 12.5. The van der Waals surface area contributed by atoms with E-state index in [9.17, 15) is 23.1 Å². The van der Waals surface area contributed by atoms with Crippen molar-refractivity contribution in [3.63, 3.8) is 0 Å². The number of aliphatic hydroxyl groups excluding tert-OH is 2. The van der Waals surface area contributed by atoms with E-state index in [2.05, 4.69) is 10.7 Å². The average molecular weight is 635 g/mol. The van der Waals surface area contributed by atoms with Crippen molar-refractivity contribution in [1.82, 2.24) is 20.1 Å². The van der Waals surface area contributed by atoms with Crippen LogP contribution in [0.1, 0.15) is 46.6 Å². The number of nitrogens with one attached hydrogen (secondary N) is 2. The molecule has 12 nitrogen and oxygen atoms in total. The van der Waals surface area contributed by atoms with Gasteiger partial charge in [0.1, 0.15) is 0 Å². The first-order valence-corrected chi connectivity index (χ1v) is 16.2. The summed E-state index contributed by atoms with van der Waals surface area (Å²) in [5.74, 6) is -0.302. The van der Waals surface area contributed by atoms with Crippen LogP contribution in [0.3, 0.4) is 0 Å². The Morgan fingerprint density at radius 3 is 2.34 bits per heavy atom. The minimum atomic E-state index is -4.12. The molecule has 0 aliphatic carbocycles. The lowest BCUT2D eigenvalue weighted by molar-refractivity contribution is -0.149. The third kappa shape index (κ3) is 10.2. The molecule has 0 radical (unpaired) electrons. The van der Waals surface area contributed by atoms with Crippen LogP contribution in [0.2, 0.25) is 0 Å². The van der Waals surface area contributed by atoms with Gasteiger partial charge >= 0.3 is 0 Å². The zero-order chi connectivity index (χ0) is 32.5. The molecular formula is C31H46N4O8S. The van der Waals surface area contributed by atoms with Crippen LogP contribution in [-0.2, 0) is 26.0 Å². The molecule has 4 N–H and O–H groups in total. The molecule has 0 saturated heterocycles. The molecule has 2 aromatic rings. The molecule has 1 heterocycles. The molecule has 3 rings (SSSR count). The first-order chi connectivity index (χ1) is 20.7. The third-order valence-electron chi connectivity index (χ3n) is 6.77. The molecule has 44 heavy (non-hydrogen) atoms. The highest BCUT2D eigenvalue weighted by Crippen LogP contribution is 2.35. The Balaban J connectivity index is 1.99. The summed E-state index contributed by atoms with van der Waals surface area (Å²) in [5, 5.41) is 24.8. The van der Waals surface area contributed by atoms with Crippen LogP contribution in [0.4, 0.5) is 0 Å². The molecule has 1 unspecified atom stereocenters. The number of benzene rings is 2. The van der Waals surface area contributed by atoms with Crippen LogP contribution < -0.4 is 20.2 Å². The SMILES string of the molecule is CC(C)CN(C[C@@H](O)C(Cc1ccccc1)N(NC(=O)CNCCO)C(=O)CC(C)(C)C)S(=O)(=O)c1ccc2c(c1)OCO2. The van der Waals surface area contributed by atoms with E-state index in [1.54, 1.807) is 0 Å². The van der Waals surface area contributed by atoms with Gasteiger partial charge in [-0.05, 0) is 35.4 Å². The van der Waals surface area contributed by atoms with Gasteiger partial charge in [0, 0.05) is 32.1 Å². The predicted molar refractivity (Wildman–Crippen MR) is 165 cm³/mol. The average Bonchev–Trinajstić information content (AvgIpc) is 3.42. The van der Waals surface area contributed by atoms with E-state index in [4.69, 9.17) is 14.6 Å². The van der Waals surface area contributed by atoms with E-state index in [-0.39, 0.29) is 63.2 Å². The van der Waals surface area contributed by atoms with Gasteiger partial charge in [0.25, 0.3) is 5.91 Å². The number of hydrazine groups is 1. The molecule has 1 aliphatic heterocycles. The van der Waals surface area contributed by atoms with Crippen molar-refractivity contribution < 1.29 is 37.7 Å². The van der Waals surface area contributed by atoms with E-state index in [1.807, 2.05) is 65.0 Å². The van der Waals surface area contributed by atoms with Gasteiger partial charge in [0.05, 0.1) is 30.2 Å². The standard InChI is InChI=1S/C31H46N4O8S/c1-22(2)19-34(44(40,41)24-11-12-27-28(16-24)43-21-42-27)20-26(37)25(15-23-9-7-6-8-10-23)35(30(39)17-31(3,4)5)33-29(38)18-32-13-14-36/h6-12,16,22,25-26,32,36-37H,13-15,17-21H2,1-5H3,(H,33,38)/t25?,26-/m1/s1. The number of carbonyl (C=O) groups excluding carboxylic acids is 2. The number of ether oxygens (including phenoxy) is 2. The van der Waals surface area contributed by atoms with Gasteiger partial charge in [-0.25, -0.2) is 13.4 Å². The molecule has 13 heteroatoms. The number of amides is 2. The van der Waals surface area contributed by atoms with Crippen molar-refractivity contribution >= 4 is 21.8 Å². The summed E-state index contributed by atoms with van der Waals surface area (Å²) in [7, 11) is -4.12. The predicted octanol–water partition coefficient (Wildman–Crippen LogP) is 1.91. The number of hydrogen-bond donors (Lipinski definition) is 4.